The molecule has 1 heterocycles. The summed E-state index contributed by atoms with van der Waals surface area (Å²) in [5.41, 5.74) is 1.74. The van der Waals surface area contributed by atoms with E-state index in [0.717, 1.165) is 5.56 Å². The predicted molar refractivity (Wildman–Crippen MR) is 80.5 cm³/mol. The predicted octanol–water partition coefficient (Wildman–Crippen LogP) is 2.68. The van der Waals surface area contributed by atoms with Gasteiger partial charge >= 0.3 is 0 Å². The maximum absolute atomic E-state index is 12.3. The number of benzene rings is 1. The van der Waals surface area contributed by atoms with Crippen molar-refractivity contribution in [2.45, 2.75) is 13.0 Å². The summed E-state index contributed by atoms with van der Waals surface area (Å²) < 4.78 is 0. The van der Waals surface area contributed by atoms with Gasteiger partial charge < -0.3 is 0 Å². The van der Waals surface area contributed by atoms with E-state index in [4.69, 9.17) is 5.26 Å². The molecule has 0 amide bonds. The molecule has 106 valence electrons. The van der Waals surface area contributed by atoms with Gasteiger partial charge in [-0.05, 0) is 11.6 Å². The summed E-state index contributed by atoms with van der Waals surface area (Å²) in [6.07, 6.45) is 3.91. The Bertz CT molecular complexity index is 605. The number of ketones is 1. The minimum Gasteiger partial charge on any atom is -0.293 e. The van der Waals surface area contributed by atoms with Crippen molar-refractivity contribution in [3.8, 4) is 6.07 Å². The first-order chi connectivity index (χ1) is 10.3. The molecule has 0 aliphatic carbocycles. The number of rotatable bonds is 7. The Kier molecular flexibility index (Phi) is 5.62. The number of aromatic nitrogens is 1. The van der Waals surface area contributed by atoms with E-state index in [1.165, 1.54) is 0 Å². The average Bonchev–Trinajstić information content (AvgIpc) is 2.54. The maximum Gasteiger partial charge on any atom is 0.176 e. The van der Waals surface area contributed by atoms with Gasteiger partial charge in [-0.15, -0.1) is 0 Å². The van der Waals surface area contributed by atoms with Crippen molar-refractivity contribution < 1.29 is 4.79 Å². The second kappa shape index (κ2) is 7.93. The Morgan fingerprint density at radius 1 is 1.19 bits per heavy atom. The highest BCUT2D eigenvalue weighted by atomic mass is 16.1. The van der Waals surface area contributed by atoms with Crippen LogP contribution in [0, 0.1) is 11.3 Å². The van der Waals surface area contributed by atoms with Crippen LogP contribution >= 0.6 is 0 Å². The normalized spacial score (nSPS) is 10.3. The van der Waals surface area contributed by atoms with Crippen LogP contribution in [0.4, 0.5) is 0 Å². The molecule has 0 spiro atoms. The fraction of sp³-hybridized carbons (Fsp3) is 0.235. The number of carbonyl (C=O) groups is 1. The molecular formula is C17H17N3O. The first-order valence-electron chi connectivity index (χ1n) is 6.86. The van der Waals surface area contributed by atoms with E-state index in [0.29, 0.717) is 31.6 Å². The molecule has 0 N–H and O–H groups in total. The lowest BCUT2D eigenvalue weighted by atomic mass is 10.1. The molecule has 0 fully saturated rings. The Hall–Kier alpha value is -2.51. The lowest BCUT2D eigenvalue weighted by molar-refractivity contribution is 0.0927. The molecule has 0 unspecified atom stereocenters. The van der Waals surface area contributed by atoms with Gasteiger partial charge in [0.2, 0.25) is 0 Å². The smallest absolute Gasteiger partial charge is 0.176 e. The molecule has 0 saturated carbocycles. The van der Waals surface area contributed by atoms with Gasteiger partial charge in [0.25, 0.3) is 0 Å². The summed E-state index contributed by atoms with van der Waals surface area (Å²) in [5, 5.41) is 8.76. The summed E-state index contributed by atoms with van der Waals surface area (Å²) in [5.74, 6) is 0.0671. The topological polar surface area (TPSA) is 57.0 Å². The molecule has 2 rings (SSSR count). The van der Waals surface area contributed by atoms with E-state index >= 15 is 0 Å². The minimum absolute atomic E-state index is 0.0671. The number of Topliss-reactive ketones (excluding diaryl/α,β-unsaturated/α-hetero) is 1. The summed E-state index contributed by atoms with van der Waals surface area (Å²) in [6, 6.07) is 15.2. The van der Waals surface area contributed by atoms with Crippen LogP contribution in [0.25, 0.3) is 0 Å². The van der Waals surface area contributed by atoms with Crippen LogP contribution in [0.1, 0.15) is 22.3 Å². The number of nitrogens with zero attached hydrogens (tertiary/aromatic N) is 3. The molecule has 0 aliphatic heterocycles. The number of hydrogen-bond acceptors (Lipinski definition) is 4. The molecule has 2 aromatic rings. The first kappa shape index (κ1) is 14.9. The molecule has 1 aromatic heterocycles. The van der Waals surface area contributed by atoms with Crippen molar-refractivity contribution in [1.82, 2.24) is 9.88 Å². The van der Waals surface area contributed by atoms with Crippen LogP contribution in [0.5, 0.6) is 0 Å². The molecule has 4 nitrogen and oxygen atoms in total. The van der Waals surface area contributed by atoms with Gasteiger partial charge in [0.05, 0.1) is 12.6 Å². The summed E-state index contributed by atoms with van der Waals surface area (Å²) >= 11 is 0. The lowest BCUT2D eigenvalue weighted by Crippen LogP contribution is -2.30. The molecule has 21 heavy (non-hydrogen) atoms. The van der Waals surface area contributed by atoms with Crippen molar-refractivity contribution >= 4 is 5.78 Å². The second-order valence-electron chi connectivity index (χ2n) is 4.77. The van der Waals surface area contributed by atoms with E-state index in [1.807, 2.05) is 47.4 Å². The monoisotopic (exact) mass is 279 g/mol. The summed E-state index contributed by atoms with van der Waals surface area (Å²) in [7, 11) is 0. The average molecular weight is 279 g/mol. The quantitative estimate of drug-likeness (QED) is 0.731. The van der Waals surface area contributed by atoms with Crippen molar-refractivity contribution in [3.05, 3.63) is 66.0 Å². The van der Waals surface area contributed by atoms with Crippen LogP contribution in [-0.2, 0) is 6.54 Å². The number of nitriles is 1. The number of hydrogen-bond donors (Lipinski definition) is 0. The molecule has 0 bridgehead atoms. The van der Waals surface area contributed by atoms with E-state index < -0.39 is 0 Å². The largest absolute Gasteiger partial charge is 0.293 e. The van der Waals surface area contributed by atoms with Gasteiger partial charge in [0.1, 0.15) is 0 Å². The third kappa shape index (κ3) is 4.83. The summed E-state index contributed by atoms with van der Waals surface area (Å²) in [4.78, 5) is 18.3. The van der Waals surface area contributed by atoms with Gasteiger partial charge in [-0.3, -0.25) is 14.7 Å². The highest BCUT2D eigenvalue weighted by molar-refractivity contribution is 5.97. The second-order valence-corrected chi connectivity index (χ2v) is 4.77. The highest BCUT2D eigenvalue weighted by Crippen LogP contribution is 2.07. The van der Waals surface area contributed by atoms with Crippen LogP contribution in [-0.4, -0.2) is 28.8 Å². The third-order valence-corrected chi connectivity index (χ3v) is 3.13. The molecule has 0 atom stereocenters. The molecule has 1 aromatic carbocycles. The van der Waals surface area contributed by atoms with E-state index in [1.54, 1.807) is 12.4 Å². The lowest BCUT2D eigenvalue weighted by Gasteiger charge is -2.20. The Labute approximate surface area is 124 Å². The molecular weight excluding hydrogens is 262 g/mol. The van der Waals surface area contributed by atoms with E-state index in [-0.39, 0.29) is 5.78 Å². The Morgan fingerprint density at radius 3 is 2.67 bits per heavy atom. The number of pyridine rings is 1. The van der Waals surface area contributed by atoms with Crippen LogP contribution in [0.15, 0.2) is 54.9 Å². The number of carbonyl (C=O) groups excluding carboxylic acids is 1. The van der Waals surface area contributed by atoms with Crippen LogP contribution in [0.3, 0.4) is 0 Å². The van der Waals surface area contributed by atoms with Crippen LogP contribution < -0.4 is 0 Å². The van der Waals surface area contributed by atoms with Crippen molar-refractivity contribution in [2.24, 2.45) is 0 Å². The third-order valence-electron chi connectivity index (χ3n) is 3.13. The molecule has 4 heteroatoms. The zero-order valence-electron chi connectivity index (χ0n) is 11.8. The zero-order chi connectivity index (χ0) is 14.9. The van der Waals surface area contributed by atoms with Gasteiger partial charge in [0.15, 0.2) is 5.78 Å². The van der Waals surface area contributed by atoms with Crippen molar-refractivity contribution in [2.75, 3.05) is 13.1 Å². The van der Waals surface area contributed by atoms with E-state index in [9.17, 15) is 4.79 Å². The maximum atomic E-state index is 12.3. The minimum atomic E-state index is 0.0671. The highest BCUT2D eigenvalue weighted by Gasteiger charge is 2.12. The molecule has 0 radical (unpaired) electrons. The van der Waals surface area contributed by atoms with Gasteiger partial charge in [0, 0.05) is 37.5 Å². The standard InChI is InChI=1S/C17H17N3O/c18-9-5-11-20(13-15-6-4-10-19-12-15)14-17(21)16-7-2-1-3-8-16/h1-4,6-8,10,12H,5,11,13-14H2. The van der Waals surface area contributed by atoms with E-state index in [2.05, 4.69) is 11.1 Å². The fourth-order valence-corrected chi connectivity index (χ4v) is 2.09. The SMILES string of the molecule is N#CCCN(CC(=O)c1ccccc1)Cc1cccnc1. The zero-order valence-corrected chi connectivity index (χ0v) is 11.8. The van der Waals surface area contributed by atoms with Crippen LogP contribution in [0.2, 0.25) is 0 Å². The fourth-order valence-electron chi connectivity index (χ4n) is 2.09. The summed E-state index contributed by atoms with van der Waals surface area (Å²) in [6.45, 7) is 1.50. The van der Waals surface area contributed by atoms with Gasteiger partial charge in [-0.2, -0.15) is 5.26 Å². The molecule has 0 aliphatic rings. The van der Waals surface area contributed by atoms with Crippen molar-refractivity contribution in [1.29, 1.82) is 5.26 Å². The van der Waals surface area contributed by atoms with Gasteiger partial charge in [-0.1, -0.05) is 36.4 Å². The molecule has 0 saturated heterocycles. The first-order valence-corrected chi connectivity index (χ1v) is 6.86. The van der Waals surface area contributed by atoms with Gasteiger partial charge in [-0.25, -0.2) is 0 Å². The Morgan fingerprint density at radius 2 is 2.00 bits per heavy atom. The van der Waals surface area contributed by atoms with Crippen molar-refractivity contribution in [3.63, 3.8) is 0 Å². The Balaban J connectivity index is 2.02.